The van der Waals surface area contributed by atoms with Gasteiger partial charge in [-0.25, -0.2) is 0 Å². The van der Waals surface area contributed by atoms with Crippen LogP contribution in [0.2, 0.25) is 5.28 Å². The zero-order chi connectivity index (χ0) is 10.6. The highest BCUT2D eigenvalue weighted by Gasteiger charge is 2.11. The summed E-state index contributed by atoms with van der Waals surface area (Å²) < 4.78 is 2.01. The van der Waals surface area contributed by atoms with E-state index in [0.29, 0.717) is 10.5 Å². The van der Waals surface area contributed by atoms with Crippen LogP contribution in [0.4, 0.5) is 0 Å². The molecule has 0 fully saturated rings. The van der Waals surface area contributed by atoms with Gasteiger partial charge in [-0.05, 0) is 24.3 Å². The number of aryl methyl sites for hydroxylation is 1. The molecule has 5 heteroatoms. The lowest BCUT2D eigenvalue weighted by Gasteiger charge is -2.11. The number of nitrogens with zero attached hydrogens (tertiary/aromatic N) is 3. The number of aromatic nitrogens is 3. The third-order valence-electron chi connectivity index (χ3n) is 2.10. The minimum absolute atomic E-state index is 0.509. The molecule has 0 N–H and O–H groups in total. The maximum absolute atomic E-state index is 5.96. The van der Waals surface area contributed by atoms with Crippen LogP contribution >= 0.6 is 23.4 Å². The van der Waals surface area contributed by atoms with E-state index in [0.717, 1.165) is 25.2 Å². The van der Waals surface area contributed by atoms with E-state index in [-0.39, 0.29) is 0 Å². The van der Waals surface area contributed by atoms with Crippen molar-refractivity contribution in [3.63, 3.8) is 0 Å². The van der Waals surface area contributed by atoms with Crippen LogP contribution in [0, 0.1) is 0 Å². The van der Waals surface area contributed by atoms with E-state index in [4.69, 9.17) is 11.6 Å². The summed E-state index contributed by atoms with van der Waals surface area (Å²) in [6, 6.07) is 0. The topological polar surface area (TPSA) is 30.7 Å². The predicted octanol–water partition coefficient (Wildman–Crippen LogP) is 2.64. The number of rotatable bonds is 5. The molecule has 0 bridgehead atoms. The molecule has 0 saturated heterocycles. The summed E-state index contributed by atoms with van der Waals surface area (Å²) in [4.78, 5) is 0. The average molecular weight is 234 g/mol. The second-order valence-electron chi connectivity index (χ2n) is 3.29. The molecule has 0 radical (unpaired) electrons. The van der Waals surface area contributed by atoms with E-state index >= 15 is 0 Å². The van der Waals surface area contributed by atoms with Crippen LogP contribution in [0.25, 0.3) is 0 Å². The van der Waals surface area contributed by atoms with Gasteiger partial charge in [0.25, 0.3) is 0 Å². The summed E-state index contributed by atoms with van der Waals surface area (Å²) in [6.45, 7) is 5.20. The Hall–Kier alpha value is -0.220. The Morgan fingerprint density at radius 3 is 2.79 bits per heavy atom. The summed E-state index contributed by atoms with van der Waals surface area (Å²) in [7, 11) is 0. The quantitative estimate of drug-likeness (QED) is 0.784. The van der Waals surface area contributed by atoms with Crippen LogP contribution in [0.15, 0.2) is 0 Å². The van der Waals surface area contributed by atoms with E-state index in [1.807, 2.05) is 16.3 Å². The second-order valence-corrected chi connectivity index (χ2v) is 4.91. The van der Waals surface area contributed by atoms with Crippen molar-refractivity contribution < 1.29 is 0 Å². The van der Waals surface area contributed by atoms with Gasteiger partial charge in [0.1, 0.15) is 5.82 Å². The van der Waals surface area contributed by atoms with E-state index in [1.54, 1.807) is 0 Å². The Morgan fingerprint density at radius 1 is 1.50 bits per heavy atom. The maximum Gasteiger partial charge on any atom is 0.225 e. The average Bonchev–Trinajstić information content (AvgIpc) is 2.50. The summed E-state index contributed by atoms with van der Waals surface area (Å²) >= 11 is 7.79. The van der Waals surface area contributed by atoms with E-state index < -0.39 is 0 Å². The van der Waals surface area contributed by atoms with Crippen LogP contribution in [-0.4, -0.2) is 26.3 Å². The van der Waals surface area contributed by atoms with Gasteiger partial charge < -0.3 is 4.57 Å². The van der Waals surface area contributed by atoms with Crippen molar-refractivity contribution in [2.45, 2.75) is 38.5 Å². The van der Waals surface area contributed by atoms with Gasteiger partial charge in [0.05, 0.1) is 0 Å². The Kier molecular flexibility index (Phi) is 4.75. The molecule has 1 aromatic heterocycles. The first-order chi connectivity index (χ1) is 6.69. The highest BCUT2D eigenvalue weighted by molar-refractivity contribution is 7.99. The lowest BCUT2D eigenvalue weighted by molar-refractivity contribution is 0.641. The third kappa shape index (κ3) is 2.89. The monoisotopic (exact) mass is 233 g/mol. The molecule has 1 unspecified atom stereocenters. The van der Waals surface area contributed by atoms with Crippen LogP contribution in [0.1, 0.15) is 26.1 Å². The lowest BCUT2D eigenvalue weighted by Crippen LogP contribution is -2.12. The van der Waals surface area contributed by atoms with Crippen LogP contribution in [-0.2, 0) is 13.0 Å². The van der Waals surface area contributed by atoms with Crippen molar-refractivity contribution in [3.8, 4) is 0 Å². The van der Waals surface area contributed by atoms with Crippen LogP contribution < -0.4 is 0 Å². The van der Waals surface area contributed by atoms with E-state index in [2.05, 4.69) is 30.3 Å². The van der Waals surface area contributed by atoms with Crippen molar-refractivity contribution in [2.24, 2.45) is 0 Å². The van der Waals surface area contributed by atoms with Crippen molar-refractivity contribution in [3.05, 3.63) is 11.1 Å². The normalized spacial score (nSPS) is 13.1. The molecule has 3 nitrogen and oxygen atoms in total. The fraction of sp³-hybridized carbons (Fsp3) is 0.778. The van der Waals surface area contributed by atoms with Crippen molar-refractivity contribution in [1.29, 1.82) is 0 Å². The number of hydrogen-bond donors (Lipinski definition) is 0. The van der Waals surface area contributed by atoms with Gasteiger partial charge in [-0.2, -0.15) is 11.8 Å². The van der Waals surface area contributed by atoms with E-state index in [1.165, 1.54) is 0 Å². The van der Waals surface area contributed by atoms with Crippen molar-refractivity contribution >= 4 is 23.4 Å². The number of thioether (sulfide) groups is 1. The zero-order valence-corrected chi connectivity index (χ0v) is 10.4. The van der Waals surface area contributed by atoms with Gasteiger partial charge in [-0.1, -0.05) is 13.8 Å². The van der Waals surface area contributed by atoms with Gasteiger partial charge in [0.2, 0.25) is 5.28 Å². The Morgan fingerprint density at radius 2 is 2.21 bits per heavy atom. The minimum Gasteiger partial charge on any atom is -0.301 e. The Bertz CT molecular complexity index is 288. The molecule has 1 aromatic rings. The van der Waals surface area contributed by atoms with Crippen molar-refractivity contribution in [2.75, 3.05) is 6.26 Å². The molecule has 1 atom stereocenters. The molecule has 1 rings (SSSR count). The highest BCUT2D eigenvalue weighted by Crippen LogP contribution is 2.15. The first-order valence-corrected chi connectivity index (χ1v) is 6.46. The smallest absolute Gasteiger partial charge is 0.225 e. The molecule has 0 aliphatic rings. The molecule has 0 aromatic carbocycles. The fourth-order valence-electron chi connectivity index (χ4n) is 1.23. The molecule has 80 valence electrons. The van der Waals surface area contributed by atoms with Gasteiger partial charge in [-0.3, -0.25) is 0 Å². The predicted molar refractivity (Wildman–Crippen MR) is 62.0 cm³/mol. The first kappa shape index (κ1) is 11.9. The SMILES string of the molecule is CCCc1nnc(Cl)n1CC(C)SC. The highest BCUT2D eigenvalue weighted by atomic mass is 35.5. The Balaban J connectivity index is 2.76. The van der Waals surface area contributed by atoms with Crippen LogP contribution in [0.5, 0.6) is 0 Å². The maximum atomic E-state index is 5.96. The second kappa shape index (κ2) is 5.61. The molecular formula is C9H16ClN3S. The third-order valence-corrected chi connectivity index (χ3v) is 3.33. The van der Waals surface area contributed by atoms with Gasteiger partial charge in [0.15, 0.2) is 0 Å². The lowest BCUT2D eigenvalue weighted by atomic mass is 10.3. The first-order valence-electron chi connectivity index (χ1n) is 4.79. The molecule has 0 saturated carbocycles. The van der Waals surface area contributed by atoms with E-state index in [9.17, 15) is 0 Å². The van der Waals surface area contributed by atoms with Gasteiger partial charge in [0, 0.05) is 18.2 Å². The molecule has 0 aliphatic carbocycles. The standard InChI is InChI=1S/C9H16ClN3S/c1-4-5-8-11-12-9(10)13(8)6-7(2)14-3/h7H,4-6H2,1-3H3. The Labute approximate surface area is 94.2 Å². The van der Waals surface area contributed by atoms with Gasteiger partial charge >= 0.3 is 0 Å². The molecule has 0 amide bonds. The zero-order valence-electron chi connectivity index (χ0n) is 8.83. The fourth-order valence-corrected chi connectivity index (χ4v) is 1.74. The summed E-state index contributed by atoms with van der Waals surface area (Å²) in [6.07, 6.45) is 4.12. The molecule has 1 heterocycles. The largest absolute Gasteiger partial charge is 0.301 e. The summed E-state index contributed by atoms with van der Waals surface area (Å²) in [5.41, 5.74) is 0. The molecular weight excluding hydrogens is 218 g/mol. The van der Waals surface area contributed by atoms with Gasteiger partial charge in [-0.15, -0.1) is 10.2 Å². The minimum atomic E-state index is 0.509. The van der Waals surface area contributed by atoms with Crippen molar-refractivity contribution in [1.82, 2.24) is 14.8 Å². The number of halogens is 1. The molecule has 0 spiro atoms. The number of hydrogen-bond acceptors (Lipinski definition) is 3. The molecule has 14 heavy (non-hydrogen) atoms. The summed E-state index contributed by atoms with van der Waals surface area (Å²) in [5, 5.41) is 9.01. The molecule has 0 aliphatic heterocycles. The summed E-state index contributed by atoms with van der Waals surface area (Å²) in [5.74, 6) is 0.999. The van der Waals surface area contributed by atoms with Crippen LogP contribution in [0.3, 0.4) is 0 Å².